The molecule has 7 heteroatoms. The lowest BCUT2D eigenvalue weighted by Gasteiger charge is -2.16. The van der Waals surface area contributed by atoms with Crippen LogP contribution in [0, 0.1) is 11.7 Å². The number of carbonyl (C=O) groups is 1. The van der Waals surface area contributed by atoms with Gasteiger partial charge in [0, 0.05) is 19.6 Å². The van der Waals surface area contributed by atoms with Crippen molar-refractivity contribution in [3.05, 3.63) is 59.4 Å². The highest BCUT2D eigenvalue weighted by Crippen LogP contribution is 2.41. The molecule has 1 fully saturated rings. The summed E-state index contributed by atoms with van der Waals surface area (Å²) in [4.78, 5) is 11.9. The molecule has 0 spiro atoms. The number of ether oxygens (including phenoxy) is 2. The summed E-state index contributed by atoms with van der Waals surface area (Å²) in [6.45, 7) is 3.92. The third-order valence-corrected chi connectivity index (χ3v) is 7.17. The minimum Gasteiger partial charge on any atom is -0.494 e. The van der Waals surface area contributed by atoms with Crippen LogP contribution >= 0.6 is 0 Å². The van der Waals surface area contributed by atoms with E-state index in [4.69, 9.17) is 14.6 Å². The molecule has 1 aliphatic rings. The summed E-state index contributed by atoms with van der Waals surface area (Å²) in [7, 11) is 1.51. The van der Waals surface area contributed by atoms with Crippen LogP contribution < -0.4 is 20.1 Å². The molecule has 0 unspecified atom stereocenters. The minimum atomic E-state index is -0.311. The van der Waals surface area contributed by atoms with Crippen molar-refractivity contribution >= 4 is 5.91 Å². The molecule has 3 N–H and O–H groups in total. The number of halogens is 1. The van der Waals surface area contributed by atoms with Gasteiger partial charge in [0.05, 0.1) is 13.7 Å². The van der Waals surface area contributed by atoms with Gasteiger partial charge in [-0.3, -0.25) is 4.79 Å². The molecule has 1 aliphatic carbocycles. The maximum absolute atomic E-state index is 13.7. The fourth-order valence-corrected chi connectivity index (χ4v) is 5.03. The van der Waals surface area contributed by atoms with E-state index >= 15 is 0 Å². The molecule has 0 aliphatic heterocycles. The Hall–Kier alpha value is -2.64. The van der Waals surface area contributed by atoms with E-state index < -0.39 is 0 Å². The van der Waals surface area contributed by atoms with Gasteiger partial charge in [-0.25, -0.2) is 4.39 Å². The molecule has 36 heavy (non-hydrogen) atoms. The number of aliphatic hydroxyl groups excluding tert-OH is 1. The Morgan fingerprint density at radius 1 is 1.14 bits per heavy atom. The molecule has 1 saturated carbocycles. The minimum absolute atomic E-state index is 0.00598. The van der Waals surface area contributed by atoms with Gasteiger partial charge < -0.3 is 25.2 Å². The van der Waals surface area contributed by atoms with E-state index in [-0.39, 0.29) is 24.9 Å². The van der Waals surface area contributed by atoms with Crippen molar-refractivity contribution in [3.8, 4) is 11.5 Å². The van der Waals surface area contributed by atoms with Gasteiger partial charge in [-0.15, -0.1) is 0 Å². The molecule has 6 nitrogen and oxygen atoms in total. The number of methoxy groups -OCH3 is 1. The van der Waals surface area contributed by atoms with Gasteiger partial charge in [0.25, 0.3) is 5.91 Å². The number of amides is 1. The molecule has 3 atom stereocenters. The molecule has 198 valence electrons. The lowest BCUT2D eigenvalue weighted by atomic mass is 9.91. The van der Waals surface area contributed by atoms with Crippen LogP contribution in [0.15, 0.2) is 42.5 Å². The maximum atomic E-state index is 13.7. The average Bonchev–Trinajstić information content (AvgIpc) is 3.36. The van der Waals surface area contributed by atoms with E-state index in [2.05, 4.69) is 29.7 Å². The van der Waals surface area contributed by atoms with Crippen LogP contribution in [0.25, 0.3) is 0 Å². The molecule has 0 saturated heterocycles. The highest BCUT2D eigenvalue weighted by atomic mass is 19.1. The molecule has 0 bridgehead atoms. The normalized spacial score (nSPS) is 18.1. The van der Waals surface area contributed by atoms with E-state index in [1.165, 1.54) is 50.8 Å². The fraction of sp³-hybridized carbons (Fsp3) is 0.552. The molecule has 2 aromatic carbocycles. The van der Waals surface area contributed by atoms with E-state index in [1.807, 2.05) is 24.3 Å². The van der Waals surface area contributed by atoms with Crippen LogP contribution in [-0.2, 0) is 4.79 Å². The van der Waals surface area contributed by atoms with Gasteiger partial charge in [0.15, 0.2) is 18.2 Å². The highest BCUT2D eigenvalue weighted by Gasteiger charge is 2.25. The standard InChI is InChI=1S/C29H41FN2O4/c1-21(24-10-13-27(30)28(19-24)35-2)4-3-5-22-6-7-25(18-22)23-8-11-26(12-9-23)36-20-29(34)32-15-14-31-16-17-33/h8-13,19,21-22,25,31,33H,3-7,14-18,20H2,1-2H3,(H,32,34)/t21-,22-,25+/m0/s1. The molecular formula is C29H41FN2O4. The second kappa shape index (κ2) is 14.8. The van der Waals surface area contributed by atoms with Gasteiger partial charge >= 0.3 is 0 Å². The summed E-state index contributed by atoms with van der Waals surface area (Å²) < 4.78 is 24.4. The third kappa shape index (κ3) is 8.79. The van der Waals surface area contributed by atoms with Crippen LogP contribution in [0.3, 0.4) is 0 Å². The zero-order valence-electron chi connectivity index (χ0n) is 21.6. The lowest BCUT2D eigenvalue weighted by Crippen LogP contribution is -2.35. The average molecular weight is 501 g/mol. The Balaban J connectivity index is 1.35. The Kier molecular flexibility index (Phi) is 11.5. The van der Waals surface area contributed by atoms with Crippen molar-refractivity contribution in [1.82, 2.24) is 10.6 Å². The number of benzene rings is 2. The van der Waals surface area contributed by atoms with E-state index in [0.717, 1.165) is 17.9 Å². The van der Waals surface area contributed by atoms with Crippen molar-refractivity contribution in [3.63, 3.8) is 0 Å². The zero-order valence-corrected chi connectivity index (χ0v) is 21.6. The molecule has 2 aromatic rings. The number of nitrogens with one attached hydrogen (secondary N) is 2. The van der Waals surface area contributed by atoms with Gasteiger partial charge in [-0.2, -0.15) is 0 Å². The molecule has 0 aromatic heterocycles. The number of carbonyl (C=O) groups excluding carboxylic acids is 1. The topological polar surface area (TPSA) is 79.8 Å². The molecule has 3 rings (SSSR count). The van der Waals surface area contributed by atoms with Crippen LogP contribution in [0.2, 0.25) is 0 Å². The first-order valence-corrected chi connectivity index (χ1v) is 13.1. The number of rotatable bonds is 15. The predicted molar refractivity (Wildman–Crippen MR) is 140 cm³/mol. The van der Waals surface area contributed by atoms with Crippen LogP contribution in [0.5, 0.6) is 11.5 Å². The van der Waals surface area contributed by atoms with Crippen molar-refractivity contribution in [1.29, 1.82) is 0 Å². The quantitative estimate of drug-likeness (QED) is 0.307. The van der Waals surface area contributed by atoms with Crippen LogP contribution in [0.4, 0.5) is 4.39 Å². The summed E-state index contributed by atoms with van der Waals surface area (Å²) in [5, 5.41) is 14.5. The number of hydrogen-bond donors (Lipinski definition) is 3. The first-order chi connectivity index (χ1) is 17.5. The van der Waals surface area contributed by atoms with Crippen molar-refractivity contribution < 1.29 is 23.8 Å². The van der Waals surface area contributed by atoms with Gasteiger partial charge in [0.2, 0.25) is 0 Å². The number of hydrogen-bond acceptors (Lipinski definition) is 5. The zero-order chi connectivity index (χ0) is 25.8. The number of aliphatic hydroxyl groups is 1. The first kappa shape index (κ1) is 27.9. The maximum Gasteiger partial charge on any atom is 0.257 e. The summed E-state index contributed by atoms with van der Waals surface area (Å²) in [5.74, 6) is 2.27. The monoisotopic (exact) mass is 500 g/mol. The van der Waals surface area contributed by atoms with Crippen molar-refractivity contribution in [2.45, 2.75) is 57.3 Å². The molecule has 0 radical (unpaired) electrons. The third-order valence-electron chi connectivity index (χ3n) is 7.17. The Morgan fingerprint density at radius 2 is 1.94 bits per heavy atom. The second-order valence-electron chi connectivity index (χ2n) is 9.78. The van der Waals surface area contributed by atoms with Gasteiger partial charge in [-0.05, 0) is 78.8 Å². The Morgan fingerprint density at radius 3 is 2.69 bits per heavy atom. The summed E-state index contributed by atoms with van der Waals surface area (Å²) in [5.41, 5.74) is 2.48. The van der Waals surface area contributed by atoms with E-state index in [9.17, 15) is 9.18 Å². The van der Waals surface area contributed by atoms with Crippen molar-refractivity contribution in [2.75, 3.05) is 40.0 Å². The van der Waals surface area contributed by atoms with Crippen LogP contribution in [-0.4, -0.2) is 51.0 Å². The fourth-order valence-electron chi connectivity index (χ4n) is 5.03. The second-order valence-corrected chi connectivity index (χ2v) is 9.78. The summed E-state index contributed by atoms with van der Waals surface area (Å²) in [6.07, 6.45) is 7.17. The predicted octanol–water partition coefficient (Wildman–Crippen LogP) is 4.77. The van der Waals surface area contributed by atoms with Crippen LogP contribution in [0.1, 0.15) is 68.4 Å². The van der Waals surface area contributed by atoms with Crippen molar-refractivity contribution in [2.24, 2.45) is 5.92 Å². The van der Waals surface area contributed by atoms with Gasteiger partial charge in [-0.1, -0.05) is 38.0 Å². The lowest BCUT2D eigenvalue weighted by molar-refractivity contribution is -0.123. The largest absolute Gasteiger partial charge is 0.494 e. The smallest absolute Gasteiger partial charge is 0.257 e. The van der Waals surface area contributed by atoms with E-state index in [1.54, 1.807) is 0 Å². The Bertz CT molecular complexity index is 937. The highest BCUT2D eigenvalue weighted by molar-refractivity contribution is 5.77. The molecule has 1 amide bonds. The molecular weight excluding hydrogens is 459 g/mol. The summed E-state index contributed by atoms with van der Waals surface area (Å²) in [6, 6.07) is 13.4. The first-order valence-electron chi connectivity index (χ1n) is 13.1. The van der Waals surface area contributed by atoms with Gasteiger partial charge in [0.1, 0.15) is 5.75 Å². The molecule has 0 heterocycles. The van der Waals surface area contributed by atoms with E-state index in [0.29, 0.717) is 43.0 Å². The SMILES string of the molecule is COc1cc([C@@H](C)CCC[C@H]2CC[C@@H](c3ccc(OCC(=O)NCCNCCO)cc3)C2)ccc1F. The summed E-state index contributed by atoms with van der Waals surface area (Å²) >= 11 is 0. The Labute approximate surface area is 214 Å².